The zero-order chi connectivity index (χ0) is 16.3. The van der Waals surface area contributed by atoms with Crippen molar-refractivity contribution >= 4 is 33.0 Å². The van der Waals surface area contributed by atoms with E-state index >= 15 is 0 Å². The average Bonchev–Trinajstić information content (AvgIpc) is 2.92. The van der Waals surface area contributed by atoms with Gasteiger partial charge in [0.15, 0.2) is 0 Å². The number of rotatable bonds is 6. The minimum Gasteiger partial charge on any atom is -0.478 e. The van der Waals surface area contributed by atoms with E-state index in [9.17, 15) is 13.2 Å². The first-order valence-electron chi connectivity index (χ1n) is 6.66. The van der Waals surface area contributed by atoms with Crippen LogP contribution in [0, 0.1) is 13.8 Å². The Kier molecular flexibility index (Phi) is 4.87. The molecule has 0 amide bonds. The molecule has 0 saturated carbocycles. The van der Waals surface area contributed by atoms with Gasteiger partial charge in [0.25, 0.3) is 0 Å². The van der Waals surface area contributed by atoms with Gasteiger partial charge in [-0.3, -0.25) is 4.72 Å². The van der Waals surface area contributed by atoms with E-state index in [4.69, 9.17) is 5.11 Å². The zero-order valence-electron chi connectivity index (χ0n) is 12.3. The first-order chi connectivity index (χ1) is 10.3. The Hall–Kier alpha value is -1.86. The topological polar surface area (TPSA) is 83.5 Å². The van der Waals surface area contributed by atoms with Gasteiger partial charge in [0.2, 0.25) is 10.0 Å². The summed E-state index contributed by atoms with van der Waals surface area (Å²) in [6.07, 6.45) is 0.434. The summed E-state index contributed by atoms with van der Waals surface area (Å²) in [6.45, 7) is 3.43. The number of aromatic carboxylic acids is 1. The molecule has 0 spiro atoms. The number of nitrogens with one attached hydrogen (secondary N) is 1. The van der Waals surface area contributed by atoms with Crippen LogP contribution in [0.4, 0.5) is 5.69 Å². The van der Waals surface area contributed by atoms with Crippen LogP contribution in [0.25, 0.3) is 0 Å². The fourth-order valence-corrected chi connectivity index (χ4v) is 4.08. The molecule has 1 aromatic heterocycles. The second kappa shape index (κ2) is 6.50. The summed E-state index contributed by atoms with van der Waals surface area (Å²) in [7, 11) is -3.52. The Morgan fingerprint density at radius 2 is 2.00 bits per heavy atom. The number of hydrogen-bond donors (Lipinski definition) is 2. The number of carboxylic acid groups (broad SMARTS) is 1. The monoisotopic (exact) mass is 339 g/mol. The minimum absolute atomic E-state index is 0.0385. The molecule has 0 radical (unpaired) electrons. The maximum Gasteiger partial charge on any atom is 0.336 e. The lowest BCUT2D eigenvalue weighted by Gasteiger charge is -2.12. The van der Waals surface area contributed by atoms with Crippen LogP contribution >= 0.6 is 11.3 Å². The number of anilines is 1. The third-order valence-electron chi connectivity index (χ3n) is 3.26. The van der Waals surface area contributed by atoms with Crippen LogP contribution in [0.15, 0.2) is 29.6 Å². The summed E-state index contributed by atoms with van der Waals surface area (Å²) >= 11 is 1.51. The third-order valence-corrected chi connectivity index (χ3v) is 5.47. The number of benzene rings is 1. The molecule has 0 aliphatic heterocycles. The fourth-order valence-electron chi connectivity index (χ4n) is 2.10. The first kappa shape index (κ1) is 16.5. The van der Waals surface area contributed by atoms with Gasteiger partial charge in [-0.05, 0) is 48.9 Å². The van der Waals surface area contributed by atoms with Gasteiger partial charge in [-0.2, -0.15) is 0 Å². The first-order valence-corrected chi connectivity index (χ1v) is 9.19. The molecular formula is C15H17NO4S2. The normalized spacial score (nSPS) is 11.4. The summed E-state index contributed by atoms with van der Waals surface area (Å²) in [5.41, 5.74) is 1.71. The van der Waals surface area contributed by atoms with E-state index in [1.807, 2.05) is 17.5 Å². The summed E-state index contributed by atoms with van der Waals surface area (Å²) in [6, 6.07) is 6.80. The number of sulfonamides is 1. The number of aryl methyl sites for hydroxylation is 3. The number of carboxylic acids is 1. The molecule has 1 heterocycles. The Morgan fingerprint density at radius 1 is 1.27 bits per heavy atom. The number of thiophene rings is 1. The van der Waals surface area contributed by atoms with E-state index in [0.717, 1.165) is 4.88 Å². The average molecular weight is 339 g/mol. The third kappa shape index (κ3) is 4.08. The second-order valence-corrected chi connectivity index (χ2v) is 7.91. The van der Waals surface area contributed by atoms with E-state index in [1.54, 1.807) is 19.9 Å². The number of hydrogen-bond acceptors (Lipinski definition) is 4. The van der Waals surface area contributed by atoms with Gasteiger partial charge in [-0.15, -0.1) is 11.3 Å². The van der Waals surface area contributed by atoms with Gasteiger partial charge in [0.05, 0.1) is 17.0 Å². The van der Waals surface area contributed by atoms with Crippen molar-refractivity contribution in [1.82, 2.24) is 0 Å². The molecule has 7 heteroatoms. The van der Waals surface area contributed by atoms with Crippen molar-refractivity contribution in [3.8, 4) is 0 Å². The smallest absolute Gasteiger partial charge is 0.336 e. The van der Waals surface area contributed by atoms with Gasteiger partial charge in [0.1, 0.15) is 0 Å². The predicted octanol–water partition coefficient (Wildman–Crippen LogP) is 3.05. The molecule has 0 bridgehead atoms. The molecule has 2 rings (SSSR count). The Balaban J connectivity index is 2.18. The van der Waals surface area contributed by atoms with Crippen molar-refractivity contribution in [2.45, 2.75) is 20.3 Å². The Bertz CT molecular complexity index is 780. The molecule has 0 saturated heterocycles. The highest BCUT2D eigenvalue weighted by Gasteiger charge is 2.16. The highest BCUT2D eigenvalue weighted by Crippen LogP contribution is 2.22. The lowest BCUT2D eigenvalue weighted by molar-refractivity contribution is 0.0696. The molecule has 0 aliphatic rings. The Labute approximate surface area is 133 Å². The molecule has 0 unspecified atom stereocenters. The van der Waals surface area contributed by atoms with Gasteiger partial charge in [-0.25, -0.2) is 13.2 Å². The molecule has 118 valence electrons. The summed E-state index contributed by atoms with van der Waals surface area (Å²) < 4.78 is 26.8. The van der Waals surface area contributed by atoms with Crippen molar-refractivity contribution < 1.29 is 18.3 Å². The molecule has 0 fully saturated rings. The van der Waals surface area contributed by atoms with E-state index in [2.05, 4.69) is 4.72 Å². The van der Waals surface area contributed by atoms with Crippen molar-refractivity contribution in [1.29, 1.82) is 0 Å². The highest BCUT2D eigenvalue weighted by atomic mass is 32.2. The zero-order valence-corrected chi connectivity index (χ0v) is 13.9. The molecule has 22 heavy (non-hydrogen) atoms. The van der Waals surface area contributed by atoms with Crippen molar-refractivity contribution in [3.05, 3.63) is 51.2 Å². The predicted molar refractivity (Wildman–Crippen MR) is 88.3 cm³/mol. The Morgan fingerprint density at radius 3 is 2.59 bits per heavy atom. The van der Waals surface area contributed by atoms with E-state index in [0.29, 0.717) is 23.2 Å². The summed E-state index contributed by atoms with van der Waals surface area (Å²) in [5.74, 6) is -1.11. The maximum absolute atomic E-state index is 12.2. The second-order valence-electron chi connectivity index (χ2n) is 5.04. The van der Waals surface area contributed by atoms with Gasteiger partial charge in [-0.1, -0.05) is 12.1 Å². The van der Waals surface area contributed by atoms with Crippen molar-refractivity contribution in [2.24, 2.45) is 0 Å². The van der Waals surface area contributed by atoms with Crippen LogP contribution in [-0.2, 0) is 16.4 Å². The highest BCUT2D eigenvalue weighted by molar-refractivity contribution is 7.92. The van der Waals surface area contributed by atoms with E-state index in [-0.39, 0.29) is 11.3 Å². The molecule has 5 nitrogen and oxygen atoms in total. The van der Waals surface area contributed by atoms with E-state index < -0.39 is 16.0 Å². The molecule has 2 N–H and O–H groups in total. The van der Waals surface area contributed by atoms with Crippen LogP contribution < -0.4 is 4.72 Å². The maximum atomic E-state index is 12.2. The van der Waals surface area contributed by atoms with Crippen molar-refractivity contribution in [3.63, 3.8) is 0 Å². The van der Waals surface area contributed by atoms with Gasteiger partial charge >= 0.3 is 5.97 Å². The lowest BCUT2D eigenvalue weighted by atomic mass is 10.0. The SMILES string of the molecule is Cc1cc(C)c(C(=O)O)cc1NS(=O)(=O)CCc1cccs1. The fraction of sp³-hybridized carbons (Fsp3) is 0.267. The van der Waals surface area contributed by atoms with E-state index in [1.165, 1.54) is 17.4 Å². The quantitative estimate of drug-likeness (QED) is 0.847. The van der Waals surface area contributed by atoms with Crippen LogP contribution in [0.2, 0.25) is 0 Å². The van der Waals surface area contributed by atoms with Gasteiger partial charge < -0.3 is 5.11 Å². The van der Waals surface area contributed by atoms with Gasteiger partial charge in [0, 0.05) is 4.88 Å². The molecule has 0 aliphatic carbocycles. The standard InChI is InChI=1S/C15H17NO4S2/c1-10-8-11(2)14(9-13(10)15(17)18)16-22(19,20)7-5-12-4-3-6-21-12/h3-4,6,8-9,16H,5,7H2,1-2H3,(H,17,18). The molecule has 0 atom stereocenters. The minimum atomic E-state index is -3.52. The molecular weight excluding hydrogens is 322 g/mol. The van der Waals surface area contributed by atoms with Crippen molar-refractivity contribution in [2.75, 3.05) is 10.5 Å². The van der Waals surface area contributed by atoms with Crippen LogP contribution in [-0.4, -0.2) is 25.2 Å². The largest absolute Gasteiger partial charge is 0.478 e. The summed E-state index contributed by atoms with van der Waals surface area (Å²) in [4.78, 5) is 12.2. The molecule has 1 aromatic carbocycles. The van der Waals surface area contributed by atoms with Crippen LogP contribution in [0.5, 0.6) is 0 Å². The summed E-state index contributed by atoms with van der Waals surface area (Å²) in [5, 5.41) is 11.0. The van der Waals surface area contributed by atoms with Crippen LogP contribution in [0.1, 0.15) is 26.4 Å². The number of carbonyl (C=O) groups is 1. The lowest BCUT2D eigenvalue weighted by Crippen LogP contribution is -2.19. The molecule has 2 aromatic rings. The van der Waals surface area contributed by atoms with Crippen LogP contribution in [0.3, 0.4) is 0 Å².